The molecule has 3 aromatic rings. The molecule has 112 valence electrons. The van der Waals surface area contributed by atoms with Gasteiger partial charge in [-0.05, 0) is 37.5 Å². The van der Waals surface area contributed by atoms with Crippen LogP contribution in [-0.4, -0.2) is 37.5 Å². The van der Waals surface area contributed by atoms with E-state index < -0.39 is 0 Å². The Labute approximate surface area is 127 Å². The largest absolute Gasteiger partial charge is 0.361 e. The summed E-state index contributed by atoms with van der Waals surface area (Å²) in [4.78, 5) is 22.4. The lowest BCUT2D eigenvalue weighted by Crippen LogP contribution is -2.39. The molecule has 2 aromatic heterocycles. The van der Waals surface area contributed by atoms with Crippen molar-refractivity contribution in [2.75, 3.05) is 6.54 Å². The number of benzene rings is 1. The average molecular weight is 295 g/mol. The highest BCUT2D eigenvalue weighted by molar-refractivity contribution is 6.06. The van der Waals surface area contributed by atoms with Crippen LogP contribution in [0.2, 0.25) is 0 Å². The number of nitrogens with one attached hydrogen (secondary N) is 2. The Balaban J connectivity index is 1.72. The maximum absolute atomic E-state index is 13.1. The van der Waals surface area contributed by atoms with Crippen LogP contribution in [0.1, 0.15) is 41.5 Å². The molecule has 1 amide bonds. The zero-order valence-electron chi connectivity index (χ0n) is 12.1. The van der Waals surface area contributed by atoms with Crippen molar-refractivity contribution in [2.24, 2.45) is 0 Å². The molecule has 6 heteroatoms. The Morgan fingerprint density at radius 1 is 1.27 bits per heavy atom. The minimum atomic E-state index is -0.0158. The van der Waals surface area contributed by atoms with E-state index in [2.05, 4.69) is 20.2 Å². The second-order valence-corrected chi connectivity index (χ2v) is 5.63. The molecular weight excluding hydrogens is 278 g/mol. The molecule has 1 saturated heterocycles. The summed E-state index contributed by atoms with van der Waals surface area (Å²) in [6, 6.07) is 7.73. The summed E-state index contributed by atoms with van der Waals surface area (Å²) in [5.74, 6) is 0.834. The number of nitrogens with zero attached hydrogens (tertiary/aromatic N) is 3. The summed E-state index contributed by atoms with van der Waals surface area (Å²) in [6.07, 6.45) is 6.41. The summed E-state index contributed by atoms with van der Waals surface area (Å²) in [5, 5.41) is 7.81. The third kappa shape index (κ3) is 2.07. The first kappa shape index (κ1) is 13.1. The van der Waals surface area contributed by atoms with Crippen LogP contribution in [0.5, 0.6) is 0 Å². The van der Waals surface area contributed by atoms with Gasteiger partial charge in [-0.25, -0.2) is 4.98 Å². The van der Waals surface area contributed by atoms with E-state index in [0.29, 0.717) is 0 Å². The smallest absolute Gasteiger partial charge is 0.255 e. The Kier molecular flexibility index (Phi) is 3.14. The lowest BCUT2D eigenvalue weighted by Gasteiger charge is -2.34. The van der Waals surface area contributed by atoms with Crippen LogP contribution < -0.4 is 0 Å². The first-order valence-corrected chi connectivity index (χ1v) is 7.57. The fraction of sp³-hybridized carbons (Fsp3) is 0.312. The lowest BCUT2D eigenvalue weighted by molar-refractivity contribution is 0.0602. The summed E-state index contributed by atoms with van der Waals surface area (Å²) in [7, 11) is 0. The van der Waals surface area contributed by atoms with Gasteiger partial charge in [-0.3, -0.25) is 9.89 Å². The number of fused-ring (bicyclic) bond motifs is 1. The highest BCUT2D eigenvalue weighted by Gasteiger charge is 2.31. The van der Waals surface area contributed by atoms with Gasteiger partial charge in [0.15, 0.2) is 0 Å². The Hall–Kier alpha value is -2.63. The molecule has 0 spiro atoms. The molecule has 6 nitrogen and oxygen atoms in total. The molecular formula is C16H17N5O. The fourth-order valence-corrected chi connectivity index (χ4v) is 3.26. The molecule has 1 fully saturated rings. The van der Waals surface area contributed by atoms with Crippen molar-refractivity contribution in [2.45, 2.75) is 25.3 Å². The molecule has 1 aliphatic heterocycles. The van der Waals surface area contributed by atoms with Crippen molar-refractivity contribution in [1.82, 2.24) is 25.1 Å². The number of hydrogen-bond donors (Lipinski definition) is 2. The van der Waals surface area contributed by atoms with Crippen LogP contribution in [0, 0.1) is 0 Å². The van der Waals surface area contributed by atoms with Crippen LogP contribution in [0.15, 0.2) is 36.8 Å². The van der Waals surface area contributed by atoms with E-state index in [1.54, 1.807) is 0 Å². The normalized spacial score (nSPS) is 18.7. The van der Waals surface area contributed by atoms with Crippen LogP contribution in [0.4, 0.5) is 0 Å². The Morgan fingerprint density at radius 2 is 2.23 bits per heavy atom. The van der Waals surface area contributed by atoms with Gasteiger partial charge >= 0.3 is 0 Å². The predicted octanol–water partition coefficient (Wildman–Crippen LogP) is 2.65. The number of amides is 1. The number of aromatic nitrogens is 4. The molecule has 2 N–H and O–H groups in total. The van der Waals surface area contributed by atoms with Gasteiger partial charge in [0.2, 0.25) is 0 Å². The van der Waals surface area contributed by atoms with Crippen molar-refractivity contribution in [3.8, 4) is 0 Å². The zero-order valence-corrected chi connectivity index (χ0v) is 12.1. The highest BCUT2D eigenvalue weighted by atomic mass is 16.2. The van der Waals surface area contributed by atoms with Gasteiger partial charge in [0.1, 0.15) is 12.2 Å². The molecule has 1 unspecified atom stereocenters. The monoisotopic (exact) mass is 295 g/mol. The SMILES string of the molecule is O=C(c1cccc2[nH]ccc12)N1CCCCC1c1ncn[nH]1. The Morgan fingerprint density at radius 3 is 3.09 bits per heavy atom. The maximum Gasteiger partial charge on any atom is 0.255 e. The van der Waals surface area contributed by atoms with E-state index in [0.717, 1.165) is 48.1 Å². The van der Waals surface area contributed by atoms with Crippen molar-refractivity contribution in [1.29, 1.82) is 0 Å². The van der Waals surface area contributed by atoms with Gasteiger partial charge in [0.25, 0.3) is 5.91 Å². The first-order chi connectivity index (χ1) is 10.8. The van der Waals surface area contributed by atoms with Gasteiger partial charge in [0.05, 0.1) is 6.04 Å². The summed E-state index contributed by atoms with van der Waals surface area (Å²) in [5.41, 5.74) is 1.73. The van der Waals surface area contributed by atoms with Gasteiger partial charge in [-0.15, -0.1) is 0 Å². The van der Waals surface area contributed by atoms with Gasteiger partial charge in [0, 0.05) is 29.2 Å². The predicted molar refractivity (Wildman–Crippen MR) is 82.3 cm³/mol. The maximum atomic E-state index is 13.1. The lowest BCUT2D eigenvalue weighted by atomic mass is 9.99. The van der Waals surface area contributed by atoms with Crippen LogP contribution >= 0.6 is 0 Å². The van der Waals surface area contributed by atoms with Crippen molar-refractivity contribution in [3.05, 3.63) is 48.2 Å². The number of likely N-dealkylation sites (tertiary alicyclic amines) is 1. The molecule has 1 atom stereocenters. The minimum absolute atomic E-state index is 0.0158. The van der Waals surface area contributed by atoms with Gasteiger partial charge < -0.3 is 9.88 Å². The van der Waals surface area contributed by atoms with Crippen LogP contribution in [-0.2, 0) is 0 Å². The summed E-state index contributed by atoms with van der Waals surface area (Å²) >= 11 is 0. The second kappa shape index (κ2) is 5.29. The van der Waals surface area contributed by atoms with Gasteiger partial charge in [-0.2, -0.15) is 5.10 Å². The standard InChI is InChI=1S/C16H17N5O/c22-16(12-4-3-5-13-11(12)7-8-17-13)21-9-2-1-6-14(21)15-18-10-19-20-15/h3-5,7-8,10,14,17H,1-2,6,9H2,(H,18,19,20). The third-order valence-electron chi connectivity index (χ3n) is 4.34. The number of H-pyrrole nitrogens is 2. The van der Waals surface area contributed by atoms with E-state index in [1.807, 2.05) is 35.4 Å². The molecule has 4 rings (SSSR count). The number of rotatable bonds is 2. The highest BCUT2D eigenvalue weighted by Crippen LogP contribution is 2.31. The number of carbonyl (C=O) groups is 1. The molecule has 22 heavy (non-hydrogen) atoms. The summed E-state index contributed by atoms with van der Waals surface area (Å²) < 4.78 is 0. The van der Waals surface area contributed by atoms with E-state index in [9.17, 15) is 4.79 Å². The third-order valence-corrected chi connectivity index (χ3v) is 4.34. The van der Waals surface area contributed by atoms with E-state index in [4.69, 9.17) is 0 Å². The number of carbonyl (C=O) groups excluding carboxylic acids is 1. The molecule has 0 bridgehead atoms. The summed E-state index contributed by atoms with van der Waals surface area (Å²) in [6.45, 7) is 0.755. The first-order valence-electron chi connectivity index (χ1n) is 7.57. The van der Waals surface area contributed by atoms with E-state index >= 15 is 0 Å². The molecule has 3 heterocycles. The van der Waals surface area contributed by atoms with E-state index in [1.165, 1.54) is 6.33 Å². The number of aromatic amines is 2. The number of hydrogen-bond acceptors (Lipinski definition) is 3. The number of piperidine rings is 1. The molecule has 0 saturated carbocycles. The van der Waals surface area contributed by atoms with Gasteiger partial charge in [-0.1, -0.05) is 6.07 Å². The molecule has 1 aromatic carbocycles. The van der Waals surface area contributed by atoms with Crippen molar-refractivity contribution >= 4 is 16.8 Å². The average Bonchev–Trinajstić information content (AvgIpc) is 3.25. The second-order valence-electron chi connectivity index (χ2n) is 5.63. The fourth-order valence-electron chi connectivity index (χ4n) is 3.26. The van der Waals surface area contributed by atoms with E-state index in [-0.39, 0.29) is 11.9 Å². The zero-order chi connectivity index (χ0) is 14.9. The molecule has 0 radical (unpaired) electrons. The quantitative estimate of drug-likeness (QED) is 0.763. The topological polar surface area (TPSA) is 77.7 Å². The van der Waals surface area contributed by atoms with Crippen molar-refractivity contribution < 1.29 is 4.79 Å². The van der Waals surface area contributed by atoms with Crippen molar-refractivity contribution in [3.63, 3.8) is 0 Å². The van der Waals surface area contributed by atoms with Crippen LogP contribution in [0.25, 0.3) is 10.9 Å². The molecule has 1 aliphatic rings. The Bertz CT molecular complexity index is 792. The minimum Gasteiger partial charge on any atom is -0.361 e. The van der Waals surface area contributed by atoms with Crippen LogP contribution in [0.3, 0.4) is 0 Å². The molecule has 0 aliphatic carbocycles.